The lowest BCUT2D eigenvalue weighted by Gasteiger charge is -2.34. The zero-order chi connectivity index (χ0) is 20.8. The second-order valence-electron chi connectivity index (χ2n) is 7.37. The zero-order valence-electron chi connectivity index (χ0n) is 15.6. The van der Waals surface area contributed by atoms with Crippen molar-refractivity contribution in [1.29, 1.82) is 0 Å². The minimum absolute atomic E-state index is 0.212. The molecule has 4 rings (SSSR count). The lowest BCUT2D eigenvalue weighted by molar-refractivity contribution is -0.142. The smallest absolute Gasteiger partial charge is 0.326 e. The van der Waals surface area contributed by atoms with Gasteiger partial charge in [0.15, 0.2) is 0 Å². The van der Waals surface area contributed by atoms with E-state index in [2.05, 4.69) is 10.6 Å². The van der Waals surface area contributed by atoms with Gasteiger partial charge in [0, 0.05) is 18.5 Å². The number of carboxylic acid groups (broad SMARTS) is 1. The van der Waals surface area contributed by atoms with E-state index in [1.807, 2.05) is 24.3 Å². The number of carbonyl (C=O) groups excluding carboxylic acids is 3. The van der Waals surface area contributed by atoms with Gasteiger partial charge in [-0.2, -0.15) is 0 Å². The van der Waals surface area contributed by atoms with Gasteiger partial charge in [-0.3, -0.25) is 14.9 Å². The zero-order valence-corrected chi connectivity index (χ0v) is 15.6. The Hall–Kier alpha value is -3.68. The monoisotopic (exact) mass is 393 g/mol. The van der Waals surface area contributed by atoms with Crippen molar-refractivity contribution < 1.29 is 24.3 Å². The number of carbonyl (C=O) groups is 4. The molecule has 2 aromatic rings. The predicted molar refractivity (Wildman–Crippen MR) is 102 cm³/mol. The van der Waals surface area contributed by atoms with Crippen molar-refractivity contribution in [3.8, 4) is 0 Å². The van der Waals surface area contributed by atoms with Crippen LogP contribution in [-0.4, -0.2) is 39.9 Å². The molecule has 4 amide bonds. The van der Waals surface area contributed by atoms with Gasteiger partial charge in [0.2, 0.25) is 0 Å². The van der Waals surface area contributed by atoms with Crippen molar-refractivity contribution in [3.05, 3.63) is 70.8 Å². The third-order valence-electron chi connectivity index (χ3n) is 5.55. The fourth-order valence-corrected chi connectivity index (χ4v) is 3.82. The number of aliphatic carboxylic acids is 1. The third-order valence-corrected chi connectivity index (χ3v) is 5.55. The number of fused-ring (bicyclic) bond motifs is 1. The Morgan fingerprint density at radius 1 is 1.07 bits per heavy atom. The van der Waals surface area contributed by atoms with Gasteiger partial charge < -0.3 is 15.3 Å². The molecule has 0 saturated carbocycles. The fraction of sp³-hybridized carbons (Fsp3) is 0.238. The highest BCUT2D eigenvalue weighted by Gasteiger charge is 2.43. The summed E-state index contributed by atoms with van der Waals surface area (Å²) in [6, 6.07) is 12.2. The van der Waals surface area contributed by atoms with Gasteiger partial charge >= 0.3 is 12.0 Å². The normalized spacial score (nSPS) is 23.2. The second-order valence-corrected chi connectivity index (χ2v) is 7.37. The van der Waals surface area contributed by atoms with Gasteiger partial charge in [0.05, 0.1) is 0 Å². The number of hydrogen-bond acceptors (Lipinski definition) is 4. The molecule has 2 aliphatic heterocycles. The van der Waals surface area contributed by atoms with Gasteiger partial charge in [-0.25, -0.2) is 9.59 Å². The van der Waals surface area contributed by atoms with E-state index in [9.17, 15) is 24.3 Å². The van der Waals surface area contributed by atoms with Crippen molar-refractivity contribution in [2.75, 3.05) is 0 Å². The number of nitrogens with one attached hydrogen (secondary N) is 2. The Labute approximate surface area is 166 Å². The number of rotatable bonds is 3. The Kier molecular flexibility index (Phi) is 4.34. The molecule has 8 heteroatoms. The van der Waals surface area contributed by atoms with E-state index in [1.54, 1.807) is 31.2 Å². The molecule has 2 atom stereocenters. The topological polar surface area (TPSA) is 116 Å². The molecular weight excluding hydrogens is 374 g/mol. The van der Waals surface area contributed by atoms with Crippen molar-refractivity contribution in [2.24, 2.45) is 0 Å². The predicted octanol–water partition coefficient (Wildman–Crippen LogP) is 1.39. The van der Waals surface area contributed by atoms with Crippen molar-refractivity contribution in [1.82, 2.24) is 15.5 Å². The molecule has 1 saturated heterocycles. The lowest BCUT2D eigenvalue weighted by atomic mass is 9.90. The fourth-order valence-electron chi connectivity index (χ4n) is 3.82. The summed E-state index contributed by atoms with van der Waals surface area (Å²) in [5, 5.41) is 14.4. The molecular formula is C21H19N3O5. The van der Waals surface area contributed by atoms with Crippen LogP contribution in [-0.2, 0) is 28.1 Å². The molecule has 8 nitrogen and oxygen atoms in total. The standard InChI is InChI=1S/C21H19N3O5/c1-21(19(28)22-20(29)23-21)15-8-6-12(7-9-15)17(25)24-11-14-5-3-2-4-13(14)10-16(24)18(26)27/h2-9,16H,10-11H2,1H3,(H,26,27)(H2,22,23,28,29). The number of benzene rings is 2. The highest BCUT2D eigenvalue weighted by molar-refractivity contribution is 6.07. The maximum atomic E-state index is 13.1. The highest BCUT2D eigenvalue weighted by atomic mass is 16.4. The number of nitrogens with zero attached hydrogens (tertiary/aromatic N) is 1. The van der Waals surface area contributed by atoms with Crippen molar-refractivity contribution in [2.45, 2.75) is 31.5 Å². The number of amides is 4. The summed E-state index contributed by atoms with van der Waals surface area (Å²) in [5.41, 5.74) is 1.47. The molecule has 0 aromatic heterocycles. The number of carboxylic acids is 1. The molecule has 148 valence electrons. The molecule has 0 radical (unpaired) electrons. The summed E-state index contributed by atoms with van der Waals surface area (Å²) in [7, 11) is 0. The van der Waals surface area contributed by atoms with Crippen LogP contribution in [0.5, 0.6) is 0 Å². The lowest BCUT2D eigenvalue weighted by Crippen LogP contribution is -2.48. The minimum Gasteiger partial charge on any atom is -0.480 e. The maximum Gasteiger partial charge on any atom is 0.326 e. The van der Waals surface area contributed by atoms with E-state index in [0.717, 1.165) is 11.1 Å². The van der Waals surface area contributed by atoms with E-state index < -0.39 is 35.4 Å². The number of imide groups is 1. The first-order valence-corrected chi connectivity index (χ1v) is 9.14. The minimum atomic E-state index is -1.22. The summed E-state index contributed by atoms with van der Waals surface area (Å²) in [4.78, 5) is 49.7. The van der Waals surface area contributed by atoms with Crippen LogP contribution in [0, 0.1) is 0 Å². The van der Waals surface area contributed by atoms with Crippen LogP contribution in [0.1, 0.15) is 34.0 Å². The van der Waals surface area contributed by atoms with E-state index >= 15 is 0 Å². The summed E-state index contributed by atoms with van der Waals surface area (Å²) >= 11 is 0. The molecule has 0 spiro atoms. The molecule has 0 bridgehead atoms. The quantitative estimate of drug-likeness (QED) is 0.682. The molecule has 3 N–H and O–H groups in total. The second kappa shape index (κ2) is 6.73. The van der Waals surface area contributed by atoms with E-state index in [1.165, 1.54) is 4.90 Å². The van der Waals surface area contributed by atoms with Crippen LogP contribution in [0.2, 0.25) is 0 Å². The van der Waals surface area contributed by atoms with Crippen molar-refractivity contribution >= 4 is 23.8 Å². The van der Waals surface area contributed by atoms with Crippen LogP contribution in [0.3, 0.4) is 0 Å². The van der Waals surface area contributed by atoms with Crippen LogP contribution in [0.15, 0.2) is 48.5 Å². The van der Waals surface area contributed by atoms with E-state index in [4.69, 9.17) is 0 Å². The summed E-state index contributed by atoms with van der Waals surface area (Å²) in [6.07, 6.45) is 0.250. The van der Waals surface area contributed by atoms with Gasteiger partial charge in [-0.05, 0) is 35.7 Å². The highest BCUT2D eigenvalue weighted by Crippen LogP contribution is 2.27. The van der Waals surface area contributed by atoms with Gasteiger partial charge in [0.25, 0.3) is 11.8 Å². The molecule has 1 fully saturated rings. The Bertz CT molecular complexity index is 1030. The Morgan fingerprint density at radius 3 is 2.31 bits per heavy atom. The number of urea groups is 1. The first kappa shape index (κ1) is 18.7. The van der Waals surface area contributed by atoms with Crippen LogP contribution in [0.4, 0.5) is 4.79 Å². The largest absolute Gasteiger partial charge is 0.480 e. The van der Waals surface area contributed by atoms with E-state index in [-0.39, 0.29) is 13.0 Å². The molecule has 2 aromatic carbocycles. The van der Waals surface area contributed by atoms with Crippen LogP contribution in [0.25, 0.3) is 0 Å². The van der Waals surface area contributed by atoms with Gasteiger partial charge in [-0.15, -0.1) is 0 Å². The SMILES string of the molecule is CC1(c2ccc(C(=O)N3Cc4ccccc4CC3C(=O)O)cc2)NC(=O)NC1=O. The molecule has 2 unspecified atom stereocenters. The van der Waals surface area contributed by atoms with Gasteiger partial charge in [0.1, 0.15) is 11.6 Å². The Morgan fingerprint density at radius 2 is 1.72 bits per heavy atom. The first-order valence-electron chi connectivity index (χ1n) is 9.14. The first-order chi connectivity index (χ1) is 13.8. The molecule has 2 aliphatic rings. The molecule has 29 heavy (non-hydrogen) atoms. The number of hydrogen-bond donors (Lipinski definition) is 3. The van der Waals surface area contributed by atoms with Crippen LogP contribution < -0.4 is 10.6 Å². The van der Waals surface area contributed by atoms with Crippen LogP contribution >= 0.6 is 0 Å². The average molecular weight is 393 g/mol. The maximum absolute atomic E-state index is 13.1. The molecule has 2 heterocycles. The summed E-state index contributed by atoms with van der Waals surface area (Å²) in [6.45, 7) is 1.79. The summed E-state index contributed by atoms with van der Waals surface area (Å²) in [5.74, 6) is -1.93. The van der Waals surface area contributed by atoms with Crippen molar-refractivity contribution in [3.63, 3.8) is 0 Å². The van der Waals surface area contributed by atoms with Gasteiger partial charge in [-0.1, -0.05) is 36.4 Å². The third kappa shape index (κ3) is 3.12. The average Bonchev–Trinajstić information content (AvgIpc) is 2.98. The Balaban J connectivity index is 1.61. The molecule has 0 aliphatic carbocycles. The van der Waals surface area contributed by atoms with E-state index in [0.29, 0.717) is 11.1 Å². The summed E-state index contributed by atoms with van der Waals surface area (Å²) < 4.78 is 0.